The van der Waals surface area contributed by atoms with E-state index in [1.807, 2.05) is 0 Å². The zero-order valence-electron chi connectivity index (χ0n) is 14.4. The molecule has 0 bridgehead atoms. The highest BCUT2D eigenvalue weighted by atomic mass is 15.2. The third-order valence-corrected chi connectivity index (χ3v) is 4.83. The molecule has 0 aromatic heterocycles. The third kappa shape index (κ3) is 4.55. The summed E-state index contributed by atoms with van der Waals surface area (Å²) in [5, 5.41) is 3.75. The van der Waals surface area contributed by atoms with Crippen molar-refractivity contribution in [3.8, 4) is 0 Å². The Labute approximate surface area is 130 Å². The summed E-state index contributed by atoms with van der Waals surface area (Å²) >= 11 is 0. The Bertz CT molecular complexity index is 433. The fourth-order valence-corrected chi connectivity index (χ4v) is 3.46. The van der Waals surface area contributed by atoms with E-state index in [1.165, 1.54) is 36.1 Å². The molecule has 0 radical (unpaired) electrons. The average molecular weight is 288 g/mol. The van der Waals surface area contributed by atoms with Crippen molar-refractivity contribution in [2.45, 2.75) is 66.1 Å². The van der Waals surface area contributed by atoms with Crippen molar-refractivity contribution in [3.63, 3.8) is 0 Å². The molecule has 0 spiro atoms. The topological polar surface area (TPSA) is 15.3 Å². The van der Waals surface area contributed by atoms with Crippen LogP contribution >= 0.6 is 0 Å². The standard InChI is InChI=1S/C19H32N2/c1-14(2)11-18-12-21(17(5)9-10-20-18)13-19-15(3)7-6-8-16(19)4/h6-8,14,17-18,20H,9-13H2,1-5H3. The second kappa shape index (κ2) is 7.42. The second-order valence-corrected chi connectivity index (χ2v) is 7.22. The van der Waals surface area contributed by atoms with Gasteiger partial charge in [-0.25, -0.2) is 0 Å². The van der Waals surface area contributed by atoms with E-state index in [0.29, 0.717) is 12.1 Å². The Morgan fingerprint density at radius 1 is 1.24 bits per heavy atom. The maximum Gasteiger partial charge on any atom is 0.0242 e. The average Bonchev–Trinajstić information content (AvgIpc) is 2.56. The van der Waals surface area contributed by atoms with Gasteiger partial charge in [0.15, 0.2) is 0 Å². The summed E-state index contributed by atoms with van der Waals surface area (Å²) in [6.07, 6.45) is 2.52. The molecule has 1 fully saturated rings. The van der Waals surface area contributed by atoms with Crippen molar-refractivity contribution >= 4 is 0 Å². The van der Waals surface area contributed by atoms with Crippen LogP contribution in [-0.4, -0.2) is 30.1 Å². The lowest BCUT2D eigenvalue weighted by Gasteiger charge is -2.30. The van der Waals surface area contributed by atoms with E-state index >= 15 is 0 Å². The van der Waals surface area contributed by atoms with Gasteiger partial charge in [-0.15, -0.1) is 0 Å². The van der Waals surface area contributed by atoms with Gasteiger partial charge in [-0.2, -0.15) is 0 Å². The lowest BCUT2D eigenvalue weighted by Crippen LogP contribution is -2.40. The Morgan fingerprint density at radius 3 is 2.52 bits per heavy atom. The first-order valence-corrected chi connectivity index (χ1v) is 8.50. The molecule has 0 aliphatic carbocycles. The van der Waals surface area contributed by atoms with Gasteiger partial charge < -0.3 is 5.32 Å². The molecule has 2 heteroatoms. The predicted molar refractivity (Wildman–Crippen MR) is 91.7 cm³/mol. The fraction of sp³-hybridized carbons (Fsp3) is 0.684. The van der Waals surface area contributed by atoms with Crippen molar-refractivity contribution in [2.75, 3.05) is 13.1 Å². The number of hydrogen-bond acceptors (Lipinski definition) is 2. The Balaban J connectivity index is 2.11. The van der Waals surface area contributed by atoms with Crippen LogP contribution < -0.4 is 5.32 Å². The molecule has 2 rings (SSSR count). The van der Waals surface area contributed by atoms with E-state index < -0.39 is 0 Å². The molecule has 118 valence electrons. The first-order valence-electron chi connectivity index (χ1n) is 8.50. The summed E-state index contributed by atoms with van der Waals surface area (Å²) in [4.78, 5) is 2.68. The number of rotatable bonds is 4. The highest BCUT2D eigenvalue weighted by molar-refractivity contribution is 5.33. The molecular formula is C19H32N2. The van der Waals surface area contributed by atoms with Crippen LogP contribution in [0.25, 0.3) is 0 Å². The minimum Gasteiger partial charge on any atom is -0.313 e. The summed E-state index contributed by atoms with van der Waals surface area (Å²) in [6.45, 7) is 14.9. The van der Waals surface area contributed by atoms with E-state index in [-0.39, 0.29) is 0 Å². The van der Waals surface area contributed by atoms with Gasteiger partial charge in [0.1, 0.15) is 0 Å². The van der Waals surface area contributed by atoms with Crippen LogP contribution in [0.2, 0.25) is 0 Å². The Morgan fingerprint density at radius 2 is 1.90 bits per heavy atom. The minimum atomic E-state index is 0.638. The zero-order chi connectivity index (χ0) is 15.4. The molecule has 1 N–H and O–H groups in total. The molecule has 0 saturated carbocycles. The van der Waals surface area contributed by atoms with Crippen LogP contribution in [0.15, 0.2) is 18.2 Å². The maximum absolute atomic E-state index is 3.75. The molecule has 1 aromatic rings. The number of benzene rings is 1. The minimum absolute atomic E-state index is 0.638. The molecule has 1 saturated heterocycles. The lowest BCUT2D eigenvalue weighted by atomic mass is 10.0. The molecule has 2 atom stereocenters. The molecule has 0 amide bonds. The van der Waals surface area contributed by atoms with Gasteiger partial charge in [-0.1, -0.05) is 32.0 Å². The van der Waals surface area contributed by atoms with Crippen molar-refractivity contribution in [2.24, 2.45) is 5.92 Å². The molecule has 1 heterocycles. The summed E-state index contributed by atoms with van der Waals surface area (Å²) < 4.78 is 0. The van der Waals surface area contributed by atoms with Gasteiger partial charge in [0.05, 0.1) is 0 Å². The molecule has 2 nitrogen and oxygen atoms in total. The van der Waals surface area contributed by atoms with Crippen molar-refractivity contribution in [1.82, 2.24) is 10.2 Å². The lowest BCUT2D eigenvalue weighted by molar-refractivity contribution is 0.189. The summed E-state index contributed by atoms with van der Waals surface area (Å²) in [5.74, 6) is 0.762. The third-order valence-electron chi connectivity index (χ3n) is 4.83. The SMILES string of the molecule is Cc1cccc(C)c1CN1CC(CC(C)C)NCCC1C. The van der Waals surface area contributed by atoms with Crippen LogP contribution in [0, 0.1) is 19.8 Å². The number of nitrogens with zero attached hydrogens (tertiary/aromatic N) is 1. The van der Waals surface area contributed by atoms with E-state index in [1.54, 1.807) is 0 Å². The van der Waals surface area contributed by atoms with Crippen LogP contribution in [0.5, 0.6) is 0 Å². The van der Waals surface area contributed by atoms with E-state index in [2.05, 4.69) is 63.0 Å². The summed E-state index contributed by atoms with van der Waals surface area (Å²) in [7, 11) is 0. The zero-order valence-corrected chi connectivity index (χ0v) is 14.4. The van der Waals surface area contributed by atoms with Gasteiger partial charge in [0, 0.05) is 25.2 Å². The maximum atomic E-state index is 3.75. The van der Waals surface area contributed by atoms with Gasteiger partial charge in [0.2, 0.25) is 0 Å². The smallest absolute Gasteiger partial charge is 0.0242 e. The highest BCUT2D eigenvalue weighted by Gasteiger charge is 2.24. The summed E-state index contributed by atoms with van der Waals surface area (Å²) in [5.41, 5.74) is 4.38. The quantitative estimate of drug-likeness (QED) is 0.904. The normalized spacial score (nSPS) is 24.3. The molecule has 2 unspecified atom stereocenters. The fourth-order valence-electron chi connectivity index (χ4n) is 3.46. The van der Waals surface area contributed by atoms with Crippen LogP contribution in [0.4, 0.5) is 0 Å². The highest BCUT2D eigenvalue weighted by Crippen LogP contribution is 2.21. The van der Waals surface area contributed by atoms with Crippen molar-refractivity contribution < 1.29 is 0 Å². The van der Waals surface area contributed by atoms with Gasteiger partial charge in [0.25, 0.3) is 0 Å². The summed E-state index contributed by atoms with van der Waals surface area (Å²) in [6, 6.07) is 7.96. The van der Waals surface area contributed by atoms with Crippen LogP contribution in [0.3, 0.4) is 0 Å². The molecule has 1 aromatic carbocycles. The van der Waals surface area contributed by atoms with Gasteiger partial charge >= 0.3 is 0 Å². The van der Waals surface area contributed by atoms with Crippen molar-refractivity contribution in [1.29, 1.82) is 0 Å². The van der Waals surface area contributed by atoms with E-state index in [4.69, 9.17) is 0 Å². The van der Waals surface area contributed by atoms with E-state index in [9.17, 15) is 0 Å². The number of hydrogen-bond donors (Lipinski definition) is 1. The van der Waals surface area contributed by atoms with Crippen LogP contribution in [0.1, 0.15) is 50.3 Å². The van der Waals surface area contributed by atoms with Crippen molar-refractivity contribution in [3.05, 3.63) is 34.9 Å². The monoisotopic (exact) mass is 288 g/mol. The second-order valence-electron chi connectivity index (χ2n) is 7.22. The molecule has 1 aliphatic rings. The number of aryl methyl sites for hydroxylation is 2. The Kier molecular flexibility index (Phi) is 5.83. The van der Waals surface area contributed by atoms with Gasteiger partial charge in [-0.05, 0) is 62.8 Å². The Hall–Kier alpha value is -0.860. The number of nitrogens with one attached hydrogen (secondary N) is 1. The molecule has 21 heavy (non-hydrogen) atoms. The van der Waals surface area contributed by atoms with E-state index in [0.717, 1.165) is 19.0 Å². The predicted octanol–water partition coefficient (Wildman–Crippen LogP) is 3.90. The first-order chi connectivity index (χ1) is 9.97. The largest absolute Gasteiger partial charge is 0.313 e. The molecular weight excluding hydrogens is 256 g/mol. The first kappa shape index (κ1) is 16.5. The molecule has 1 aliphatic heterocycles. The van der Waals surface area contributed by atoms with Crippen LogP contribution in [-0.2, 0) is 6.54 Å². The van der Waals surface area contributed by atoms with Gasteiger partial charge in [-0.3, -0.25) is 4.90 Å².